The molecule has 2 N–H and O–H groups in total. The molecule has 0 bridgehead atoms. The van der Waals surface area contributed by atoms with Gasteiger partial charge in [0.1, 0.15) is 0 Å². The van der Waals surface area contributed by atoms with E-state index in [0.717, 1.165) is 34.9 Å². The van der Waals surface area contributed by atoms with Gasteiger partial charge in [0.15, 0.2) is 4.77 Å². The summed E-state index contributed by atoms with van der Waals surface area (Å²) in [6.07, 6.45) is 3.95. The fraction of sp³-hybridized carbons (Fsp3) is 0.350. The monoisotopic (exact) mass is 383 g/mol. The lowest BCUT2D eigenvalue weighted by Crippen LogP contribution is -2.16. The van der Waals surface area contributed by atoms with Gasteiger partial charge in [0, 0.05) is 41.6 Å². The van der Waals surface area contributed by atoms with Gasteiger partial charge < -0.3 is 10.3 Å². The second-order valence-corrected chi connectivity index (χ2v) is 7.52. The maximum absolute atomic E-state index is 12.6. The van der Waals surface area contributed by atoms with Crippen LogP contribution in [-0.4, -0.2) is 25.2 Å². The van der Waals surface area contributed by atoms with Crippen LogP contribution in [0.5, 0.6) is 0 Å². The number of imidazole rings is 1. The van der Waals surface area contributed by atoms with Crippen molar-refractivity contribution in [3.8, 4) is 5.69 Å². The smallest absolute Gasteiger partial charge is 0.228 e. The maximum atomic E-state index is 12.6. The molecule has 0 aliphatic carbocycles. The van der Waals surface area contributed by atoms with Gasteiger partial charge in [-0.05, 0) is 50.2 Å². The number of aromatic nitrogens is 4. The molecule has 3 rings (SSSR count). The molecule has 0 spiro atoms. The number of amides is 1. The molecule has 0 aliphatic heterocycles. The molecule has 3 aromatic rings. The Morgan fingerprint density at radius 3 is 2.78 bits per heavy atom. The van der Waals surface area contributed by atoms with Crippen molar-refractivity contribution in [2.75, 3.05) is 5.32 Å². The van der Waals surface area contributed by atoms with Crippen LogP contribution in [0.1, 0.15) is 30.8 Å². The number of aryl methyl sites for hydroxylation is 1. The van der Waals surface area contributed by atoms with Crippen molar-refractivity contribution < 1.29 is 4.79 Å². The third-order valence-electron chi connectivity index (χ3n) is 4.46. The fourth-order valence-electron chi connectivity index (χ4n) is 3.14. The van der Waals surface area contributed by atoms with Gasteiger partial charge in [-0.1, -0.05) is 19.9 Å². The first-order valence-electron chi connectivity index (χ1n) is 9.04. The number of carbonyl (C=O) groups is 1. The first-order valence-corrected chi connectivity index (χ1v) is 9.45. The van der Waals surface area contributed by atoms with E-state index >= 15 is 0 Å². The molecule has 0 radical (unpaired) electrons. The second-order valence-electron chi connectivity index (χ2n) is 7.14. The van der Waals surface area contributed by atoms with Gasteiger partial charge in [-0.2, -0.15) is 5.10 Å². The van der Waals surface area contributed by atoms with Crippen molar-refractivity contribution in [1.82, 2.24) is 19.3 Å². The highest BCUT2D eigenvalue weighted by molar-refractivity contribution is 7.71. The van der Waals surface area contributed by atoms with Gasteiger partial charge in [-0.15, -0.1) is 0 Å². The summed E-state index contributed by atoms with van der Waals surface area (Å²) < 4.78 is 4.47. The van der Waals surface area contributed by atoms with E-state index in [4.69, 9.17) is 12.2 Å². The third kappa shape index (κ3) is 4.36. The average Bonchev–Trinajstić information content (AvgIpc) is 3.13. The van der Waals surface area contributed by atoms with Crippen LogP contribution in [0.3, 0.4) is 0 Å². The summed E-state index contributed by atoms with van der Waals surface area (Å²) >= 11 is 5.26. The molecule has 0 fully saturated rings. The number of nitrogens with zero attached hydrogens (tertiary/aromatic N) is 3. The minimum absolute atomic E-state index is 0.0555. The molecule has 0 unspecified atom stereocenters. The van der Waals surface area contributed by atoms with Gasteiger partial charge >= 0.3 is 0 Å². The van der Waals surface area contributed by atoms with Crippen LogP contribution in [0.25, 0.3) is 5.69 Å². The molecule has 7 heteroatoms. The van der Waals surface area contributed by atoms with Crippen molar-refractivity contribution in [1.29, 1.82) is 0 Å². The highest BCUT2D eigenvalue weighted by atomic mass is 32.1. The van der Waals surface area contributed by atoms with Crippen LogP contribution in [0.4, 0.5) is 5.69 Å². The predicted octanol–water partition coefficient (Wildman–Crippen LogP) is 4.19. The van der Waals surface area contributed by atoms with Crippen molar-refractivity contribution in [2.45, 2.75) is 40.7 Å². The number of anilines is 1. The molecule has 0 aliphatic rings. The quantitative estimate of drug-likeness (QED) is 0.627. The maximum Gasteiger partial charge on any atom is 0.228 e. The largest absolute Gasteiger partial charge is 0.337 e. The third-order valence-corrected chi connectivity index (χ3v) is 4.78. The molecule has 1 aromatic carbocycles. The number of aromatic amines is 1. The molecule has 142 valence electrons. The number of H-pyrrole nitrogens is 1. The Kier molecular flexibility index (Phi) is 5.60. The molecule has 0 saturated carbocycles. The van der Waals surface area contributed by atoms with Gasteiger partial charge in [0.05, 0.1) is 12.1 Å². The summed E-state index contributed by atoms with van der Waals surface area (Å²) in [6.45, 7) is 9.16. The first-order chi connectivity index (χ1) is 12.8. The fourth-order valence-corrected chi connectivity index (χ4v) is 3.37. The molecular formula is C20H25N5OS. The van der Waals surface area contributed by atoms with Crippen LogP contribution >= 0.6 is 12.2 Å². The van der Waals surface area contributed by atoms with Gasteiger partial charge in [0.25, 0.3) is 0 Å². The van der Waals surface area contributed by atoms with Crippen LogP contribution < -0.4 is 5.32 Å². The number of rotatable bonds is 6. The summed E-state index contributed by atoms with van der Waals surface area (Å²) in [5.74, 6) is 0.452. The van der Waals surface area contributed by atoms with Gasteiger partial charge in [0.2, 0.25) is 5.91 Å². The van der Waals surface area contributed by atoms with E-state index in [1.807, 2.05) is 53.6 Å². The zero-order valence-electron chi connectivity index (χ0n) is 16.1. The Morgan fingerprint density at radius 2 is 2.11 bits per heavy atom. The molecule has 2 aromatic heterocycles. The van der Waals surface area contributed by atoms with Crippen LogP contribution in [0.15, 0.2) is 36.7 Å². The Labute approximate surface area is 164 Å². The van der Waals surface area contributed by atoms with E-state index in [9.17, 15) is 4.79 Å². The normalized spacial score (nSPS) is 11.1. The van der Waals surface area contributed by atoms with Crippen LogP contribution in [0, 0.1) is 24.5 Å². The van der Waals surface area contributed by atoms with E-state index in [1.165, 1.54) is 0 Å². The summed E-state index contributed by atoms with van der Waals surface area (Å²) in [6, 6.07) is 7.63. The number of carbonyl (C=O) groups excluding carboxylic acids is 1. The zero-order valence-corrected chi connectivity index (χ0v) is 16.9. The Hall–Kier alpha value is -2.67. The lowest BCUT2D eigenvalue weighted by Gasteiger charge is -2.09. The van der Waals surface area contributed by atoms with Crippen LogP contribution in [-0.2, 0) is 17.8 Å². The Balaban J connectivity index is 1.75. The second kappa shape index (κ2) is 7.92. The van der Waals surface area contributed by atoms with Gasteiger partial charge in [-0.3, -0.25) is 14.0 Å². The number of hydrogen-bond donors (Lipinski definition) is 2. The average molecular weight is 384 g/mol. The van der Waals surface area contributed by atoms with Crippen molar-refractivity contribution in [3.05, 3.63) is 58.4 Å². The molecule has 27 heavy (non-hydrogen) atoms. The first kappa shape index (κ1) is 19.1. The highest BCUT2D eigenvalue weighted by Crippen LogP contribution is 2.18. The number of nitrogens with one attached hydrogen (secondary N) is 2. The summed E-state index contributed by atoms with van der Waals surface area (Å²) in [5, 5.41) is 7.57. The summed E-state index contributed by atoms with van der Waals surface area (Å²) in [5.41, 5.74) is 4.61. The van der Waals surface area contributed by atoms with Gasteiger partial charge in [-0.25, -0.2) is 0 Å². The SMILES string of the molecule is Cc1nn(CC(C)C)c(C)c1CC(=O)Nc1cccc(-n2cc[nH]c2=S)c1. The molecular weight excluding hydrogens is 358 g/mol. The van der Waals surface area contributed by atoms with E-state index in [-0.39, 0.29) is 5.91 Å². The van der Waals surface area contributed by atoms with E-state index in [0.29, 0.717) is 17.1 Å². The standard InChI is InChI=1S/C20H25N5OS/c1-13(2)12-25-15(4)18(14(3)23-25)11-19(26)22-16-6-5-7-17(10-16)24-9-8-21-20(24)27/h5-10,13H,11-12H2,1-4H3,(H,21,27)(H,22,26). The number of benzene rings is 1. The predicted molar refractivity (Wildman–Crippen MR) is 110 cm³/mol. The molecule has 1 amide bonds. The van der Waals surface area contributed by atoms with Crippen molar-refractivity contribution >= 4 is 23.8 Å². The molecule has 6 nitrogen and oxygen atoms in total. The topological polar surface area (TPSA) is 67.6 Å². The Bertz CT molecular complexity index is 1010. The summed E-state index contributed by atoms with van der Waals surface area (Å²) in [7, 11) is 0. The van der Waals surface area contributed by atoms with Crippen molar-refractivity contribution in [2.24, 2.45) is 5.92 Å². The van der Waals surface area contributed by atoms with E-state index in [1.54, 1.807) is 6.20 Å². The lowest BCUT2D eigenvalue weighted by molar-refractivity contribution is -0.115. The van der Waals surface area contributed by atoms with Crippen LogP contribution in [0.2, 0.25) is 0 Å². The molecule has 2 heterocycles. The number of hydrogen-bond acceptors (Lipinski definition) is 3. The molecule has 0 saturated heterocycles. The summed E-state index contributed by atoms with van der Waals surface area (Å²) in [4.78, 5) is 15.6. The van der Waals surface area contributed by atoms with Crippen molar-refractivity contribution in [3.63, 3.8) is 0 Å². The molecule has 0 atom stereocenters. The lowest BCUT2D eigenvalue weighted by atomic mass is 10.1. The van der Waals surface area contributed by atoms with E-state index in [2.05, 4.69) is 29.2 Å². The van der Waals surface area contributed by atoms with E-state index < -0.39 is 0 Å². The zero-order chi connectivity index (χ0) is 19.6. The minimum Gasteiger partial charge on any atom is -0.337 e. The minimum atomic E-state index is -0.0555. The highest BCUT2D eigenvalue weighted by Gasteiger charge is 2.16. The Morgan fingerprint density at radius 1 is 1.33 bits per heavy atom.